The average molecular weight is 450 g/mol. The van der Waals surface area contributed by atoms with E-state index in [1.807, 2.05) is 12.1 Å². The van der Waals surface area contributed by atoms with Crippen LogP contribution < -0.4 is 4.74 Å². The Hall–Kier alpha value is 0.680. The zero-order valence-corrected chi connectivity index (χ0v) is 13.3. The van der Waals surface area contributed by atoms with Gasteiger partial charge in [-0.15, -0.1) is 0 Å². The number of benzene rings is 1. The smallest absolute Gasteiger partial charge is 0.171 e. The molecule has 5 heteroatoms. The van der Waals surface area contributed by atoms with Crippen molar-refractivity contribution in [1.82, 2.24) is 0 Å². The Labute approximate surface area is 116 Å². The largest absolute Gasteiger partial charge is 0.473 e. The van der Waals surface area contributed by atoms with Gasteiger partial charge in [-0.05, 0) is 66.0 Å². The van der Waals surface area contributed by atoms with Gasteiger partial charge in [0.25, 0.3) is 0 Å². The molecule has 0 saturated heterocycles. The fourth-order valence-corrected chi connectivity index (χ4v) is 3.43. The molecule has 0 heterocycles. The molecule has 76 valence electrons. The number of alkyl halides is 1. The second-order valence-electron chi connectivity index (χ2n) is 2.40. The van der Waals surface area contributed by atoms with E-state index in [-0.39, 0.29) is 5.01 Å². The lowest BCUT2D eigenvalue weighted by Gasteiger charge is -2.12. The minimum absolute atomic E-state index is 0.198. The molecule has 1 aromatic rings. The predicted octanol–water partition coefficient (Wildman–Crippen LogP) is 5.26. The zero-order valence-electron chi connectivity index (χ0n) is 6.94. The molecule has 0 saturated carbocycles. The molecule has 0 aliphatic rings. The Bertz CT molecular complexity index is 328. The van der Waals surface area contributed by atoms with Gasteiger partial charge in [0.1, 0.15) is 5.75 Å². The minimum Gasteiger partial charge on any atom is -0.473 e. The highest BCUT2D eigenvalue weighted by molar-refractivity contribution is 9.11. The van der Waals surface area contributed by atoms with Crippen molar-refractivity contribution in [3.05, 3.63) is 38.2 Å². The number of hydrogen-bond acceptors (Lipinski definition) is 1. The summed E-state index contributed by atoms with van der Waals surface area (Å²) >= 11 is 13.5. The lowest BCUT2D eigenvalue weighted by molar-refractivity contribution is 0.334. The molecule has 0 aliphatic heterocycles. The van der Waals surface area contributed by atoms with Crippen molar-refractivity contribution in [3.63, 3.8) is 0 Å². The average Bonchev–Trinajstić information content (AvgIpc) is 2.10. The SMILES string of the molecule is C=CC(Br)Oc1c(Br)cc(Br)cc1Br. The standard InChI is InChI=1S/C9H6Br4O/c1-2-8(13)14-9-6(11)3-5(10)4-7(9)12/h2-4,8H,1H2. The molecule has 0 bridgehead atoms. The van der Waals surface area contributed by atoms with Crippen molar-refractivity contribution in [2.24, 2.45) is 0 Å². The van der Waals surface area contributed by atoms with Gasteiger partial charge in [0.05, 0.1) is 8.95 Å². The van der Waals surface area contributed by atoms with Crippen LogP contribution in [0.1, 0.15) is 0 Å². The van der Waals surface area contributed by atoms with Gasteiger partial charge in [-0.25, -0.2) is 0 Å². The summed E-state index contributed by atoms with van der Waals surface area (Å²) in [4.78, 5) is 0. The second-order valence-corrected chi connectivity index (χ2v) is 5.93. The number of ether oxygens (including phenoxy) is 1. The van der Waals surface area contributed by atoms with Crippen LogP contribution in [-0.2, 0) is 0 Å². The number of halogens is 4. The molecule has 0 aromatic heterocycles. The highest BCUT2D eigenvalue weighted by Crippen LogP contribution is 2.37. The fourth-order valence-electron chi connectivity index (χ4n) is 0.802. The molecule has 1 rings (SSSR count). The van der Waals surface area contributed by atoms with E-state index >= 15 is 0 Å². The van der Waals surface area contributed by atoms with Crippen LogP contribution in [0, 0.1) is 0 Å². The summed E-state index contributed by atoms with van der Waals surface area (Å²) in [6.07, 6.45) is 1.67. The van der Waals surface area contributed by atoms with Crippen LogP contribution in [0.25, 0.3) is 0 Å². The normalized spacial score (nSPS) is 12.3. The maximum absolute atomic E-state index is 5.56. The van der Waals surface area contributed by atoms with E-state index in [4.69, 9.17) is 4.74 Å². The first-order chi connectivity index (χ1) is 6.54. The van der Waals surface area contributed by atoms with E-state index in [0.29, 0.717) is 0 Å². The maximum Gasteiger partial charge on any atom is 0.171 e. The Morgan fingerprint density at radius 3 is 2.14 bits per heavy atom. The van der Waals surface area contributed by atoms with Crippen LogP contribution in [0.4, 0.5) is 0 Å². The highest BCUT2D eigenvalue weighted by Gasteiger charge is 2.10. The quantitative estimate of drug-likeness (QED) is 0.452. The van der Waals surface area contributed by atoms with Crippen molar-refractivity contribution in [2.45, 2.75) is 5.01 Å². The summed E-state index contributed by atoms with van der Waals surface area (Å²) in [5, 5.41) is -0.198. The van der Waals surface area contributed by atoms with Gasteiger partial charge in [-0.1, -0.05) is 22.5 Å². The molecule has 0 N–H and O–H groups in total. The molecule has 1 nitrogen and oxygen atoms in total. The molecule has 0 radical (unpaired) electrons. The molecule has 0 amide bonds. The van der Waals surface area contributed by atoms with Crippen LogP contribution in [0.15, 0.2) is 38.2 Å². The topological polar surface area (TPSA) is 9.23 Å². The second kappa shape index (κ2) is 5.68. The van der Waals surface area contributed by atoms with Gasteiger partial charge >= 0.3 is 0 Å². The predicted molar refractivity (Wildman–Crippen MR) is 73.1 cm³/mol. The lowest BCUT2D eigenvalue weighted by Crippen LogP contribution is -2.04. The first kappa shape index (κ1) is 12.7. The van der Waals surface area contributed by atoms with E-state index < -0.39 is 0 Å². The molecule has 0 fully saturated rings. The van der Waals surface area contributed by atoms with Gasteiger partial charge in [0, 0.05) is 4.47 Å². The Morgan fingerprint density at radius 2 is 1.71 bits per heavy atom. The van der Waals surface area contributed by atoms with Crippen molar-refractivity contribution < 1.29 is 4.74 Å². The molecule has 14 heavy (non-hydrogen) atoms. The summed E-state index contributed by atoms with van der Waals surface area (Å²) in [5.41, 5.74) is 0. The van der Waals surface area contributed by atoms with Crippen molar-refractivity contribution in [1.29, 1.82) is 0 Å². The van der Waals surface area contributed by atoms with Crippen LogP contribution in [-0.4, -0.2) is 5.01 Å². The zero-order chi connectivity index (χ0) is 10.7. The molecule has 0 aliphatic carbocycles. The van der Waals surface area contributed by atoms with E-state index in [1.54, 1.807) is 6.08 Å². The summed E-state index contributed by atoms with van der Waals surface area (Å²) in [5.74, 6) is 0.745. The Morgan fingerprint density at radius 1 is 1.21 bits per heavy atom. The van der Waals surface area contributed by atoms with E-state index in [1.165, 1.54) is 0 Å². The molecular weight excluding hydrogens is 444 g/mol. The molecule has 1 unspecified atom stereocenters. The van der Waals surface area contributed by atoms with Gasteiger partial charge in [-0.3, -0.25) is 0 Å². The molecular formula is C9H6Br4O. The van der Waals surface area contributed by atoms with Crippen LogP contribution in [0.2, 0.25) is 0 Å². The Balaban J connectivity index is 3.02. The highest BCUT2D eigenvalue weighted by atomic mass is 79.9. The van der Waals surface area contributed by atoms with E-state index in [0.717, 1.165) is 19.2 Å². The van der Waals surface area contributed by atoms with Crippen molar-refractivity contribution in [3.8, 4) is 5.75 Å². The van der Waals surface area contributed by atoms with Crippen molar-refractivity contribution in [2.75, 3.05) is 0 Å². The minimum atomic E-state index is -0.198. The van der Waals surface area contributed by atoms with Crippen LogP contribution in [0.3, 0.4) is 0 Å². The third-order valence-corrected chi connectivity index (χ3v) is 3.58. The monoisotopic (exact) mass is 446 g/mol. The van der Waals surface area contributed by atoms with Gasteiger partial charge < -0.3 is 4.74 Å². The van der Waals surface area contributed by atoms with Crippen LogP contribution in [0.5, 0.6) is 5.75 Å². The number of hydrogen-bond donors (Lipinski definition) is 0. The lowest BCUT2D eigenvalue weighted by atomic mass is 10.3. The van der Waals surface area contributed by atoms with E-state index in [2.05, 4.69) is 70.3 Å². The van der Waals surface area contributed by atoms with Gasteiger partial charge in [-0.2, -0.15) is 0 Å². The maximum atomic E-state index is 5.56. The summed E-state index contributed by atoms with van der Waals surface area (Å²) in [6.45, 7) is 3.62. The summed E-state index contributed by atoms with van der Waals surface area (Å²) in [6, 6.07) is 3.84. The summed E-state index contributed by atoms with van der Waals surface area (Å²) < 4.78 is 8.30. The number of rotatable bonds is 3. The summed E-state index contributed by atoms with van der Waals surface area (Å²) in [7, 11) is 0. The Kier molecular flexibility index (Phi) is 5.17. The van der Waals surface area contributed by atoms with E-state index in [9.17, 15) is 0 Å². The molecule has 0 spiro atoms. The third kappa shape index (κ3) is 3.36. The fraction of sp³-hybridized carbons (Fsp3) is 0.111. The first-order valence-electron chi connectivity index (χ1n) is 3.62. The molecule has 1 aromatic carbocycles. The molecule has 1 atom stereocenters. The third-order valence-electron chi connectivity index (χ3n) is 1.38. The van der Waals surface area contributed by atoms with Crippen molar-refractivity contribution >= 4 is 63.7 Å². The van der Waals surface area contributed by atoms with Gasteiger partial charge in [0.2, 0.25) is 0 Å². The van der Waals surface area contributed by atoms with Crippen LogP contribution >= 0.6 is 63.7 Å². The van der Waals surface area contributed by atoms with Gasteiger partial charge in [0.15, 0.2) is 5.01 Å². The first-order valence-corrected chi connectivity index (χ1v) is 6.92.